The van der Waals surface area contributed by atoms with Crippen LogP contribution in [0.3, 0.4) is 0 Å². The standard InChI is InChI=1S/C13H17NO2.K/c1-2-5-12(13(15)16)14-9-8-10-6-3-4-7-11(10)14;/h3-4,6-7,12H,2,5,8-9H2,1H3,(H,15,16);/q;+1/p-1. The van der Waals surface area contributed by atoms with Crippen LogP contribution >= 0.6 is 0 Å². The van der Waals surface area contributed by atoms with Crippen LogP contribution in [0.5, 0.6) is 0 Å². The molecule has 1 aromatic rings. The van der Waals surface area contributed by atoms with E-state index >= 15 is 0 Å². The molecule has 2 rings (SSSR count). The Hall–Kier alpha value is 0.126. The Bertz CT molecular complexity index is 395. The van der Waals surface area contributed by atoms with E-state index in [4.69, 9.17) is 0 Å². The molecule has 1 aliphatic rings. The summed E-state index contributed by atoms with van der Waals surface area (Å²) in [6.07, 6.45) is 2.44. The average molecular weight is 257 g/mol. The third kappa shape index (κ3) is 3.32. The summed E-state index contributed by atoms with van der Waals surface area (Å²) >= 11 is 0. The Morgan fingerprint density at radius 3 is 2.82 bits per heavy atom. The van der Waals surface area contributed by atoms with Gasteiger partial charge in [0.2, 0.25) is 0 Å². The van der Waals surface area contributed by atoms with Crippen LogP contribution in [0.4, 0.5) is 5.69 Å². The Morgan fingerprint density at radius 1 is 1.47 bits per heavy atom. The van der Waals surface area contributed by atoms with Crippen LogP contribution in [0.1, 0.15) is 25.3 Å². The molecule has 4 heteroatoms. The number of benzene rings is 1. The van der Waals surface area contributed by atoms with Gasteiger partial charge >= 0.3 is 51.4 Å². The molecule has 86 valence electrons. The maximum atomic E-state index is 11.1. The van der Waals surface area contributed by atoms with E-state index in [1.54, 1.807) is 0 Å². The number of fused-ring (bicyclic) bond motifs is 1. The van der Waals surface area contributed by atoms with E-state index in [1.807, 2.05) is 30.0 Å². The van der Waals surface area contributed by atoms with Gasteiger partial charge in [0.15, 0.2) is 0 Å². The van der Waals surface area contributed by atoms with Gasteiger partial charge in [0.25, 0.3) is 0 Å². The maximum absolute atomic E-state index is 11.1. The van der Waals surface area contributed by atoms with Crippen LogP contribution in [-0.2, 0) is 11.2 Å². The molecule has 1 heterocycles. The van der Waals surface area contributed by atoms with Gasteiger partial charge in [-0.15, -0.1) is 0 Å². The van der Waals surface area contributed by atoms with Gasteiger partial charge in [-0.3, -0.25) is 0 Å². The molecule has 0 radical (unpaired) electrons. The molecule has 1 aliphatic heterocycles. The van der Waals surface area contributed by atoms with E-state index in [-0.39, 0.29) is 51.4 Å². The van der Waals surface area contributed by atoms with Crippen LogP contribution in [0.25, 0.3) is 0 Å². The van der Waals surface area contributed by atoms with E-state index in [2.05, 4.69) is 6.07 Å². The fraction of sp³-hybridized carbons (Fsp3) is 0.462. The average Bonchev–Trinajstić information content (AvgIpc) is 2.69. The number of rotatable bonds is 4. The molecule has 0 spiro atoms. The maximum Gasteiger partial charge on any atom is 1.00 e. The van der Waals surface area contributed by atoms with Gasteiger partial charge in [-0.1, -0.05) is 31.5 Å². The molecule has 0 saturated heterocycles. The predicted molar refractivity (Wildman–Crippen MR) is 61.2 cm³/mol. The second-order valence-corrected chi connectivity index (χ2v) is 4.20. The first-order valence-corrected chi connectivity index (χ1v) is 5.79. The van der Waals surface area contributed by atoms with E-state index in [0.717, 1.165) is 25.1 Å². The number of carboxylic acid groups (broad SMARTS) is 1. The molecule has 0 fully saturated rings. The number of carbonyl (C=O) groups is 1. The van der Waals surface area contributed by atoms with Crippen molar-refractivity contribution < 1.29 is 61.3 Å². The Kier molecular flexibility index (Phi) is 6.16. The fourth-order valence-electron chi connectivity index (χ4n) is 2.36. The zero-order valence-corrected chi connectivity index (χ0v) is 13.6. The first kappa shape index (κ1) is 15.2. The monoisotopic (exact) mass is 257 g/mol. The van der Waals surface area contributed by atoms with Crippen molar-refractivity contribution in [3.8, 4) is 0 Å². The molecule has 1 aromatic carbocycles. The fourth-order valence-corrected chi connectivity index (χ4v) is 2.36. The molecule has 1 unspecified atom stereocenters. The third-order valence-electron chi connectivity index (χ3n) is 3.13. The van der Waals surface area contributed by atoms with E-state index < -0.39 is 12.0 Å². The largest absolute Gasteiger partial charge is 1.00 e. The van der Waals surface area contributed by atoms with Gasteiger partial charge in [-0.2, -0.15) is 0 Å². The summed E-state index contributed by atoms with van der Waals surface area (Å²) in [6, 6.07) is 7.53. The molecule has 1 atom stereocenters. The van der Waals surface area contributed by atoms with Gasteiger partial charge in [0, 0.05) is 12.2 Å². The number of carboxylic acids is 1. The van der Waals surface area contributed by atoms with Crippen molar-refractivity contribution in [1.29, 1.82) is 0 Å². The van der Waals surface area contributed by atoms with Crippen LogP contribution in [0.15, 0.2) is 24.3 Å². The number of hydrogen-bond donors (Lipinski definition) is 0. The SMILES string of the molecule is CCCC(C(=O)[O-])N1CCc2ccccc21.[K+]. The second-order valence-electron chi connectivity index (χ2n) is 4.20. The Labute approximate surface area is 145 Å². The first-order valence-electron chi connectivity index (χ1n) is 5.79. The van der Waals surface area contributed by atoms with Crippen molar-refractivity contribution >= 4 is 11.7 Å². The Balaban J connectivity index is 0.00000144. The summed E-state index contributed by atoms with van der Waals surface area (Å²) in [6.45, 7) is 2.79. The summed E-state index contributed by atoms with van der Waals surface area (Å²) < 4.78 is 0. The van der Waals surface area contributed by atoms with Gasteiger partial charge in [0.05, 0.1) is 12.0 Å². The van der Waals surface area contributed by atoms with Crippen molar-refractivity contribution in [2.24, 2.45) is 0 Å². The normalized spacial score (nSPS) is 15.0. The zero-order chi connectivity index (χ0) is 11.5. The van der Waals surface area contributed by atoms with Crippen molar-refractivity contribution in [3.05, 3.63) is 29.8 Å². The molecular weight excluding hydrogens is 241 g/mol. The van der Waals surface area contributed by atoms with E-state index in [1.165, 1.54) is 5.56 Å². The molecule has 17 heavy (non-hydrogen) atoms. The predicted octanol–water partition coefficient (Wildman–Crippen LogP) is -2.03. The van der Waals surface area contributed by atoms with Crippen molar-refractivity contribution in [1.82, 2.24) is 0 Å². The molecule has 0 aliphatic carbocycles. The number of nitrogens with zero attached hydrogens (tertiary/aromatic N) is 1. The second kappa shape index (κ2) is 6.90. The minimum absolute atomic E-state index is 0. The number of aliphatic carboxylic acids is 1. The van der Waals surface area contributed by atoms with Gasteiger partial charge < -0.3 is 14.8 Å². The topological polar surface area (TPSA) is 43.4 Å². The number of hydrogen-bond acceptors (Lipinski definition) is 3. The molecular formula is C13H16KNO2. The molecule has 0 N–H and O–H groups in total. The van der Waals surface area contributed by atoms with Crippen LogP contribution < -0.4 is 61.4 Å². The van der Waals surface area contributed by atoms with E-state index in [9.17, 15) is 9.90 Å². The number of anilines is 1. The van der Waals surface area contributed by atoms with Crippen LogP contribution in [0, 0.1) is 0 Å². The number of carbonyl (C=O) groups excluding carboxylic acids is 1. The van der Waals surface area contributed by atoms with Crippen LogP contribution in [-0.4, -0.2) is 18.6 Å². The molecule has 0 saturated carbocycles. The molecule has 0 amide bonds. The molecule has 3 nitrogen and oxygen atoms in total. The van der Waals surface area contributed by atoms with Crippen molar-refractivity contribution in [2.75, 3.05) is 11.4 Å². The molecule has 0 aromatic heterocycles. The van der Waals surface area contributed by atoms with Gasteiger partial charge in [0.1, 0.15) is 0 Å². The van der Waals surface area contributed by atoms with Crippen molar-refractivity contribution in [2.45, 2.75) is 32.2 Å². The summed E-state index contributed by atoms with van der Waals surface area (Å²) in [4.78, 5) is 13.1. The van der Waals surface area contributed by atoms with Gasteiger partial charge in [-0.05, 0) is 24.5 Å². The zero-order valence-electron chi connectivity index (χ0n) is 10.5. The number of para-hydroxylation sites is 1. The third-order valence-corrected chi connectivity index (χ3v) is 3.13. The minimum atomic E-state index is -0.960. The quantitative estimate of drug-likeness (QED) is 0.585. The first-order chi connectivity index (χ1) is 7.74. The summed E-state index contributed by atoms with van der Waals surface area (Å²) in [7, 11) is 0. The van der Waals surface area contributed by atoms with Gasteiger partial charge in [-0.25, -0.2) is 0 Å². The molecule has 0 bridgehead atoms. The van der Waals surface area contributed by atoms with Crippen LogP contribution in [0.2, 0.25) is 0 Å². The summed E-state index contributed by atoms with van der Waals surface area (Å²) in [5, 5.41) is 11.1. The summed E-state index contributed by atoms with van der Waals surface area (Å²) in [5.74, 6) is -0.960. The smallest absolute Gasteiger partial charge is 0.548 e. The van der Waals surface area contributed by atoms with E-state index in [0.29, 0.717) is 6.42 Å². The summed E-state index contributed by atoms with van der Waals surface area (Å²) in [5.41, 5.74) is 2.30. The van der Waals surface area contributed by atoms with Crippen molar-refractivity contribution in [3.63, 3.8) is 0 Å². The Morgan fingerprint density at radius 2 is 2.18 bits per heavy atom. The minimum Gasteiger partial charge on any atom is -0.548 e.